The average Bonchev–Trinajstić information content (AvgIpc) is 3.05. The summed E-state index contributed by atoms with van der Waals surface area (Å²) in [5.74, 6) is -1.78. The number of aliphatic hydroxyl groups is 1. The molecule has 1 saturated heterocycles. The van der Waals surface area contributed by atoms with Crippen LogP contribution in [0.1, 0.15) is 36.6 Å². The summed E-state index contributed by atoms with van der Waals surface area (Å²) in [7, 11) is 0. The van der Waals surface area contributed by atoms with Crippen molar-refractivity contribution in [2.24, 2.45) is 0 Å². The third-order valence-electron chi connectivity index (χ3n) is 5.53. The van der Waals surface area contributed by atoms with Gasteiger partial charge in [-0.25, -0.2) is 4.39 Å². The number of ketones is 1. The Morgan fingerprint density at radius 3 is 2.38 bits per heavy atom. The molecule has 0 bridgehead atoms. The van der Waals surface area contributed by atoms with E-state index in [2.05, 4.69) is 0 Å². The molecule has 1 atom stereocenters. The molecular weight excluding hydrogens is 457 g/mol. The molecule has 3 aromatic rings. The number of hydrogen-bond donors (Lipinski definition) is 1. The molecule has 5 nitrogen and oxygen atoms in total. The highest BCUT2D eigenvalue weighted by atomic mass is 35.5. The molecule has 0 radical (unpaired) electrons. The first-order chi connectivity index (χ1) is 16.2. The summed E-state index contributed by atoms with van der Waals surface area (Å²) >= 11 is 6.14. The number of benzene rings is 3. The molecule has 0 aliphatic carbocycles. The van der Waals surface area contributed by atoms with Crippen LogP contribution in [-0.2, 0) is 9.59 Å². The average molecular weight is 480 g/mol. The first kappa shape index (κ1) is 23.5. The van der Waals surface area contributed by atoms with Gasteiger partial charge in [-0.15, -0.1) is 0 Å². The predicted octanol–water partition coefficient (Wildman–Crippen LogP) is 6.20. The molecule has 1 fully saturated rings. The lowest BCUT2D eigenvalue weighted by Gasteiger charge is -2.25. The maximum absolute atomic E-state index is 13.7. The Kier molecular flexibility index (Phi) is 6.44. The fraction of sp³-hybridized carbons (Fsp3) is 0.185. The van der Waals surface area contributed by atoms with Gasteiger partial charge in [-0.1, -0.05) is 29.8 Å². The van der Waals surface area contributed by atoms with Crippen LogP contribution in [0.4, 0.5) is 10.1 Å². The van der Waals surface area contributed by atoms with Crippen molar-refractivity contribution in [2.45, 2.75) is 32.9 Å². The highest BCUT2D eigenvalue weighted by Gasteiger charge is 2.47. The Labute approximate surface area is 202 Å². The fourth-order valence-electron chi connectivity index (χ4n) is 4.02. The first-order valence-electron chi connectivity index (χ1n) is 10.8. The molecule has 1 heterocycles. The van der Waals surface area contributed by atoms with Gasteiger partial charge in [0.05, 0.1) is 17.7 Å². The number of aliphatic hydroxyl groups excluding tert-OH is 1. The molecule has 1 N–H and O–H groups in total. The van der Waals surface area contributed by atoms with E-state index in [0.717, 1.165) is 5.56 Å². The van der Waals surface area contributed by atoms with Gasteiger partial charge < -0.3 is 9.84 Å². The van der Waals surface area contributed by atoms with Crippen LogP contribution >= 0.6 is 11.6 Å². The van der Waals surface area contributed by atoms with E-state index in [4.69, 9.17) is 16.3 Å². The van der Waals surface area contributed by atoms with Crippen molar-refractivity contribution in [3.63, 3.8) is 0 Å². The Bertz CT molecular complexity index is 1300. The molecule has 0 aromatic heterocycles. The highest BCUT2D eigenvalue weighted by Crippen LogP contribution is 2.43. The van der Waals surface area contributed by atoms with Gasteiger partial charge in [0, 0.05) is 16.3 Å². The van der Waals surface area contributed by atoms with Crippen molar-refractivity contribution in [3.05, 3.63) is 99.8 Å². The molecule has 1 aliphatic rings. The molecule has 34 heavy (non-hydrogen) atoms. The second-order valence-electron chi connectivity index (χ2n) is 8.35. The van der Waals surface area contributed by atoms with E-state index in [1.54, 1.807) is 42.5 Å². The molecular formula is C27H23ClFNO4. The van der Waals surface area contributed by atoms with Crippen LogP contribution in [0.15, 0.2) is 72.3 Å². The molecule has 4 rings (SSSR count). The minimum Gasteiger partial charge on any atom is -0.507 e. The number of ether oxygens (including phenoxy) is 1. The summed E-state index contributed by atoms with van der Waals surface area (Å²) in [5.41, 5.74) is 1.90. The second-order valence-corrected chi connectivity index (χ2v) is 8.78. The molecule has 7 heteroatoms. The second kappa shape index (κ2) is 9.31. The van der Waals surface area contributed by atoms with Crippen LogP contribution in [0.3, 0.4) is 0 Å². The largest absolute Gasteiger partial charge is 0.507 e. The minimum absolute atomic E-state index is 0.0281. The number of hydrogen-bond acceptors (Lipinski definition) is 4. The summed E-state index contributed by atoms with van der Waals surface area (Å²) in [6, 6.07) is 16.1. The Morgan fingerprint density at radius 1 is 1.06 bits per heavy atom. The molecule has 1 unspecified atom stereocenters. The lowest BCUT2D eigenvalue weighted by Crippen LogP contribution is -2.29. The smallest absolute Gasteiger partial charge is 0.300 e. The van der Waals surface area contributed by atoms with Crippen LogP contribution in [0.2, 0.25) is 5.02 Å². The third kappa shape index (κ3) is 4.41. The highest BCUT2D eigenvalue weighted by molar-refractivity contribution is 6.51. The van der Waals surface area contributed by atoms with Crippen LogP contribution in [0.5, 0.6) is 5.75 Å². The predicted molar refractivity (Wildman–Crippen MR) is 130 cm³/mol. The fourth-order valence-corrected chi connectivity index (χ4v) is 4.21. The lowest BCUT2D eigenvalue weighted by atomic mass is 9.94. The topological polar surface area (TPSA) is 66.8 Å². The number of halogens is 2. The van der Waals surface area contributed by atoms with E-state index in [1.165, 1.54) is 29.2 Å². The first-order valence-corrected chi connectivity index (χ1v) is 11.1. The lowest BCUT2D eigenvalue weighted by molar-refractivity contribution is -0.132. The van der Waals surface area contributed by atoms with Crippen molar-refractivity contribution in [3.8, 4) is 5.75 Å². The van der Waals surface area contributed by atoms with E-state index in [0.29, 0.717) is 27.6 Å². The van der Waals surface area contributed by atoms with Crippen LogP contribution in [-0.4, -0.2) is 22.9 Å². The summed E-state index contributed by atoms with van der Waals surface area (Å²) in [6.07, 6.45) is -0.0281. The maximum Gasteiger partial charge on any atom is 0.300 e. The molecule has 3 aromatic carbocycles. The van der Waals surface area contributed by atoms with Gasteiger partial charge in [-0.05, 0) is 80.4 Å². The van der Waals surface area contributed by atoms with Crippen molar-refractivity contribution in [2.75, 3.05) is 4.90 Å². The number of aryl methyl sites for hydroxylation is 1. The zero-order valence-corrected chi connectivity index (χ0v) is 19.6. The van der Waals surface area contributed by atoms with Gasteiger partial charge in [0.15, 0.2) is 0 Å². The number of nitrogens with zero attached hydrogens (tertiary/aromatic N) is 1. The van der Waals surface area contributed by atoms with Crippen molar-refractivity contribution < 1.29 is 23.8 Å². The van der Waals surface area contributed by atoms with Crippen molar-refractivity contribution in [1.29, 1.82) is 0 Å². The van der Waals surface area contributed by atoms with Crippen LogP contribution in [0, 0.1) is 12.7 Å². The van der Waals surface area contributed by atoms with Crippen LogP contribution in [0.25, 0.3) is 5.76 Å². The SMILES string of the molecule is Cc1cc(/C(O)=C2/C(=O)C(=O)N(c3cccc(Cl)c3)C2c2ccc(F)cc2)ccc1OC(C)C. The Morgan fingerprint density at radius 2 is 1.76 bits per heavy atom. The normalized spacial score (nSPS) is 17.5. The van der Waals surface area contributed by atoms with Crippen molar-refractivity contribution in [1.82, 2.24) is 0 Å². The quantitative estimate of drug-likeness (QED) is 0.269. The Hall–Kier alpha value is -3.64. The summed E-state index contributed by atoms with van der Waals surface area (Å²) < 4.78 is 19.4. The third-order valence-corrected chi connectivity index (χ3v) is 5.76. The number of amides is 1. The van der Waals surface area contributed by atoms with E-state index in [-0.39, 0.29) is 17.4 Å². The Balaban J connectivity index is 1.89. The maximum atomic E-state index is 13.7. The standard InChI is InChI=1S/C27H23ClFNO4/c1-15(2)34-22-12-9-18(13-16(22)3)25(31)23-24(17-7-10-20(29)11-8-17)30(27(33)26(23)32)21-6-4-5-19(28)14-21/h4-15,24,31H,1-3H3/b25-23-. The number of carbonyl (C=O) groups is 2. The zero-order valence-electron chi connectivity index (χ0n) is 18.9. The van der Waals surface area contributed by atoms with E-state index in [9.17, 15) is 19.1 Å². The number of Topliss-reactive ketones (excluding diaryl/α,β-unsaturated/α-hetero) is 1. The molecule has 0 spiro atoms. The molecule has 1 aliphatic heterocycles. The van der Waals surface area contributed by atoms with E-state index >= 15 is 0 Å². The number of rotatable bonds is 5. The molecule has 174 valence electrons. The molecule has 1 amide bonds. The number of carbonyl (C=O) groups excluding carboxylic acids is 2. The number of anilines is 1. The monoisotopic (exact) mass is 479 g/mol. The molecule has 0 saturated carbocycles. The van der Waals surface area contributed by atoms with Gasteiger partial charge in [-0.3, -0.25) is 14.5 Å². The van der Waals surface area contributed by atoms with Gasteiger partial charge >= 0.3 is 0 Å². The summed E-state index contributed by atoms with van der Waals surface area (Å²) in [6.45, 7) is 5.65. The van der Waals surface area contributed by atoms with E-state index < -0.39 is 23.5 Å². The summed E-state index contributed by atoms with van der Waals surface area (Å²) in [4.78, 5) is 27.6. The van der Waals surface area contributed by atoms with E-state index in [1.807, 2.05) is 20.8 Å². The van der Waals surface area contributed by atoms with Gasteiger partial charge in [0.1, 0.15) is 17.3 Å². The van der Waals surface area contributed by atoms with Gasteiger partial charge in [-0.2, -0.15) is 0 Å². The van der Waals surface area contributed by atoms with Gasteiger partial charge in [0.2, 0.25) is 0 Å². The summed E-state index contributed by atoms with van der Waals surface area (Å²) in [5, 5.41) is 11.6. The minimum atomic E-state index is -0.967. The van der Waals surface area contributed by atoms with Gasteiger partial charge in [0.25, 0.3) is 11.7 Å². The van der Waals surface area contributed by atoms with Crippen molar-refractivity contribution >= 4 is 34.7 Å². The van der Waals surface area contributed by atoms with Crippen LogP contribution < -0.4 is 9.64 Å². The zero-order chi connectivity index (χ0) is 24.6.